The molecule has 61 heavy (non-hydrogen) atoms. The van der Waals surface area contributed by atoms with Crippen LogP contribution in [0, 0.1) is 23.2 Å². The Labute approximate surface area is 360 Å². The summed E-state index contributed by atoms with van der Waals surface area (Å²) < 4.78 is 31.7. The number of carbonyl (C=O) groups excluding carboxylic acids is 3. The zero-order chi connectivity index (χ0) is 43.4. The molecule has 1 saturated heterocycles. The third-order valence-corrected chi connectivity index (χ3v) is 13.4. The summed E-state index contributed by atoms with van der Waals surface area (Å²) >= 11 is 7.17. The number of anilines is 1. The van der Waals surface area contributed by atoms with E-state index in [1.54, 1.807) is 19.4 Å². The summed E-state index contributed by atoms with van der Waals surface area (Å²) in [6.45, 7) is 10.5. The molecule has 0 radical (unpaired) electrons. The number of likely N-dealkylation sites (tertiary alicyclic amines) is 1. The highest BCUT2D eigenvalue weighted by Crippen LogP contribution is 2.52. The van der Waals surface area contributed by atoms with E-state index in [-0.39, 0.29) is 31.6 Å². The number of aliphatic carboxylic acids is 1. The highest BCUT2D eigenvalue weighted by atomic mass is 35.5. The van der Waals surface area contributed by atoms with Crippen LogP contribution in [-0.4, -0.2) is 102 Å². The highest BCUT2D eigenvalue weighted by Gasteiger charge is 2.61. The van der Waals surface area contributed by atoms with Crippen LogP contribution < -0.4 is 30.0 Å². The molecule has 5 aliphatic rings. The number of amides is 3. The van der Waals surface area contributed by atoms with Crippen molar-refractivity contribution < 1.29 is 52.2 Å². The molecule has 0 spiro atoms. The van der Waals surface area contributed by atoms with Gasteiger partial charge in [0.1, 0.15) is 60.7 Å². The van der Waals surface area contributed by atoms with Crippen LogP contribution in [0.3, 0.4) is 0 Å². The third kappa shape index (κ3) is 8.79. The first-order valence-corrected chi connectivity index (χ1v) is 22.0. The van der Waals surface area contributed by atoms with Crippen molar-refractivity contribution in [3.8, 4) is 22.9 Å². The number of methoxy groups -OCH3 is 1. The van der Waals surface area contributed by atoms with Crippen molar-refractivity contribution in [2.75, 3.05) is 32.2 Å². The van der Waals surface area contributed by atoms with Crippen LogP contribution >= 0.6 is 11.6 Å². The largest absolute Gasteiger partial charge is 0.489 e. The standard InChI is InChI=1S/C44H57ClN6O10/c1-7-25-20-44(25,40(54)55)49-38(52)32-18-28(21-51(32)39(53)37(43(3,4)5)48-42(56)61-27-16-23-15-24(23)17-27)60-34-19-31(30-22-59-41(47-30)46-26-9-10-26)50(8-2)36-29(34)11-12-33(35(36)45)58-14-13-57-6/h11-12,19,22-28,32,37H,7-10,13-18,20-21H2,1-6H3,(H3-,46,47,48,49,52,54,55,56)/p+1/t23-,24+,25-,27?,28-,32+,37-,44-/m1/s1. The zero-order valence-electron chi connectivity index (χ0n) is 35.8. The molecule has 8 atom stereocenters. The van der Waals surface area contributed by atoms with Crippen molar-refractivity contribution >= 4 is 52.4 Å². The SMILES string of the molecule is CC[C@@H]1C[C@]1(NC(=O)[C@@H]1C[C@@H](Oc2cc(-c3coc(NC4CC4)n3)[n+](CC)c3c(Cl)c(OCCOC)ccc23)CN1C(=O)[C@@H](NC(=O)OC1C[C@@H]2C[C@@H]2C1)C(C)(C)C)C(=O)O. The molecule has 1 unspecified atom stereocenters. The molecule has 3 amide bonds. The average Bonchev–Trinajstić information content (AvgIpc) is 4.16. The normalized spacial score (nSPS) is 27.0. The van der Waals surface area contributed by atoms with Gasteiger partial charge in [-0.2, -0.15) is 9.55 Å². The number of alkyl carbamates (subject to hydrolysis) is 1. The van der Waals surface area contributed by atoms with Gasteiger partial charge in [0.2, 0.25) is 23.0 Å². The number of hydrogen-bond donors (Lipinski definition) is 4. The maximum atomic E-state index is 14.8. The number of hydrogen-bond acceptors (Lipinski definition) is 11. The highest BCUT2D eigenvalue weighted by molar-refractivity contribution is 6.36. The summed E-state index contributed by atoms with van der Waals surface area (Å²) in [4.78, 5) is 61.2. The van der Waals surface area contributed by atoms with Crippen LogP contribution in [0.15, 0.2) is 28.9 Å². The summed E-state index contributed by atoms with van der Waals surface area (Å²) in [5.41, 5.74) is -0.414. The van der Waals surface area contributed by atoms with Crippen molar-refractivity contribution in [3.63, 3.8) is 0 Å². The number of oxazole rings is 1. The van der Waals surface area contributed by atoms with Gasteiger partial charge in [0.15, 0.2) is 10.7 Å². The van der Waals surface area contributed by atoms with Gasteiger partial charge in [-0.3, -0.25) is 9.59 Å². The molecule has 4 saturated carbocycles. The lowest BCUT2D eigenvalue weighted by molar-refractivity contribution is -0.657. The Morgan fingerprint density at radius 3 is 2.46 bits per heavy atom. The number of nitrogens with zero attached hydrogens (tertiary/aromatic N) is 3. The van der Waals surface area contributed by atoms with E-state index in [2.05, 4.69) is 16.0 Å². The van der Waals surface area contributed by atoms with Crippen LogP contribution in [0.5, 0.6) is 11.5 Å². The molecule has 16 nitrogen and oxygen atoms in total. The minimum Gasteiger partial charge on any atom is -0.489 e. The molecular weight excluding hydrogens is 808 g/mol. The van der Waals surface area contributed by atoms with Gasteiger partial charge in [0.25, 0.3) is 6.01 Å². The second-order valence-electron chi connectivity index (χ2n) is 18.5. The summed E-state index contributed by atoms with van der Waals surface area (Å²) in [6, 6.07) is 4.00. The molecule has 4 aliphatic carbocycles. The Kier molecular flexibility index (Phi) is 11.8. The van der Waals surface area contributed by atoms with E-state index in [0.717, 1.165) is 25.7 Å². The van der Waals surface area contributed by atoms with E-state index in [1.807, 2.05) is 51.3 Å². The average molecular weight is 866 g/mol. The van der Waals surface area contributed by atoms with Gasteiger partial charge in [-0.25, -0.2) is 9.59 Å². The first-order chi connectivity index (χ1) is 29.1. The topological polar surface area (TPSA) is 195 Å². The molecule has 0 bridgehead atoms. The van der Waals surface area contributed by atoms with Gasteiger partial charge >= 0.3 is 12.1 Å². The van der Waals surface area contributed by atoms with Crippen molar-refractivity contribution in [2.45, 2.75) is 128 Å². The van der Waals surface area contributed by atoms with Gasteiger partial charge in [0.05, 0.1) is 24.6 Å². The Balaban J connectivity index is 1.13. The molecule has 330 valence electrons. The zero-order valence-corrected chi connectivity index (χ0v) is 36.5. The number of carboxylic acids is 1. The molecular formula is C44H58ClN6O10+. The number of ether oxygens (including phenoxy) is 4. The van der Waals surface area contributed by atoms with Gasteiger partial charge < -0.3 is 49.3 Å². The summed E-state index contributed by atoms with van der Waals surface area (Å²) in [6.07, 6.45) is 5.74. The van der Waals surface area contributed by atoms with E-state index >= 15 is 0 Å². The van der Waals surface area contributed by atoms with Crippen molar-refractivity contribution in [1.82, 2.24) is 20.5 Å². The molecule has 3 heterocycles. The van der Waals surface area contributed by atoms with E-state index in [0.29, 0.717) is 88.7 Å². The van der Waals surface area contributed by atoms with Gasteiger partial charge in [0, 0.05) is 19.6 Å². The van der Waals surface area contributed by atoms with E-state index < -0.39 is 53.0 Å². The Hall–Kier alpha value is -4.83. The van der Waals surface area contributed by atoms with Crippen molar-refractivity contribution in [1.29, 1.82) is 0 Å². The molecule has 1 aromatic carbocycles. The minimum atomic E-state index is -1.42. The fourth-order valence-electron chi connectivity index (χ4n) is 9.28. The fourth-order valence-corrected chi connectivity index (χ4v) is 9.60. The summed E-state index contributed by atoms with van der Waals surface area (Å²) in [7, 11) is 1.59. The number of halogens is 1. The number of pyridine rings is 1. The number of aryl methyl sites for hydroxylation is 1. The van der Waals surface area contributed by atoms with Crippen LogP contribution in [0.25, 0.3) is 22.3 Å². The maximum absolute atomic E-state index is 14.8. The number of aromatic nitrogens is 2. The minimum absolute atomic E-state index is 0.0334. The Morgan fingerprint density at radius 1 is 1.07 bits per heavy atom. The van der Waals surface area contributed by atoms with Gasteiger partial charge in [-0.05, 0) is 80.8 Å². The number of nitrogens with one attached hydrogen (secondary N) is 3. The Bertz CT molecular complexity index is 2180. The second-order valence-corrected chi connectivity index (χ2v) is 18.8. The lowest BCUT2D eigenvalue weighted by Crippen LogP contribution is -2.59. The van der Waals surface area contributed by atoms with Crippen LogP contribution in [0.1, 0.15) is 86.0 Å². The summed E-state index contributed by atoms with van der Waals surface area (Å²) in [5.74, 6) is -0.394. The van der Waals surface area contributed by atoms with E-state index in [4.69, 9.17) is 39.9 Å². The predicted octanol–water partition coefficient (Wildman–Crippen LogP) is 5.71. The molecule has 8 rings (SSSR count). The van der Waals surface area contributed by atoms with Crippen molar-refractivity contribution in [3.05, 3.63) is 29.5 Å². The summed E-state index contributed by atoms with van der Waals surface area (Å²) in [5, 5.41) is 20.2. The van der Waals surface area contributed by atoms with Crippen LogP contribution in [-0.2, 0) is 30.4 Å². The second kappa shape index (κ2) is 16.8. The first kappa shape index (κ1) is 42.8. The van der Waals surface area contributed by atoms with Crippen LogP contribution in [0.4, 0.5) is 10.8 Å². The monoisotopic (exact) mass is 865 g/mol. The number of rotatable bonds is 17. The number of fused-ring (bicyclic) bond motifs is 2. The van der Waals surface area contributed by atoms with Gasteiger partial charge in [-0.1, -0.05) is 45.7 Å². The van der Waals surface area contributed by atoms with Crippen molar-refractivity contribution in [2.24, 2.45) is 23.2 Å². The number of benzene rings is 1. The molecule has 17 heteroatoms. The quantitative estimate of drug-likeness (QED) is 0.0955. The molecule has 1 aliphatic heterocycles. The molecule has 5 fully saturated rings. The predicted molar refractivity (Wildman–Crippen MR) is 223 cm³/mol. The lowest BCUT2D eigenvalue weighted by Gasteiger charge is -2.35. The fraction of sp³-hybridized carbons (Fsp3) is 0.636. The maximum Gasteiger partial charge on any atom is 0.408 e. The smallest absolute Gasteiger partial charge is 0.408 e. The number of carbonyl (C=O) groups is 4. The lowest BCUT2D eigenvalue weighted by atomic mass is 9.85. The number of carboxylic acid groups (broad SMARTS) is 1. The van der Waals surface area contributed by atoms with Crippen LogP contribution in [0.2, 0.25) is 5.02 Å². The Morgan fingerprint density at radius 2 is 1.82 bits per heavy atom. The third-order valence-electron chi connectivity index (χ3n) is 13.0. The molecule has 2 aromatic heterocycles. The molecule has 4 N–H and O–H groups in total. The first-order valence-electron chi connectivity index (χ1n) is 21.7. The van der Waals surface area contributed by atoms with E-state index in [1.165, 1.54) is 11.3 Å². The van der Waals surface area contributed by atoms with Gasteiger partial charge in [-0.15, -0.1) is 0 Å². The molecule has 3 aromatic rings. The van der Waals surface area contributed by atoms with E-state index in [9.17, 15) is 24.3 Å².